The molecule has 0 spiro atoms. The predicted octanol–water partition coefficient (Wildman–Crippen LogP) is 3.20. The maximum Gasteiger partial charge on any atom is 0.129 e. The van der Waals surface area contributed by atoms with Crippen molar-refractivity contribution >= 4 is 16.1 Å². The number of aliphatic hydroxyl groups is 1. The van der Waals surface area contributed by atoms with Gasteiger partial charge in [0.2, 0.25) is 0 Å². The van der Waals surface area contributed by atoms with Crippen LogP contribution in [0.1, 0.15) is 25.7 Å². The number of aliphatic hydroxyl groups excluding tert-OH is 1. The van der Waals surface area contributed by atoms with Gasteiger partial charge in [0.25, 0.3) is 0 Å². The van der Waals surface area contributed by atoms with Crippen molar-refractivity contribution < 1.29 is 14.6 Å². The first-order valence-corrected chi connectivity index (χ1v) is 15.5. The fourth-order valence-corrected chi connectivity index (χ4v) is 6.33. The van der Waals surface area contributed by atoms with Crippen LogP contribution in [0.25, 0.3) is 0 Å². The van der Waals surface area contributed by atoms with Gasteiger partial charge in [0.05, 0.1) is 31.6 Å². The molecular weight excluding hydrogens is 308 g/mol. The van der Waals surface area contributed by atoms with Crippen molar-refractivity contribution in [3.63, 3.8) is 0 Å². The largest absolute Gasteiger partial charge is 0.390 e. The molecule has 1 N–H and O–H groups in total. The fourth-order valence-electron chi connectivity index (χ4n) is 3.47. The Morgan fingerprint density at radius 1 is 1.14 bits per heavy atom. The summed E-state index contributed by atoms with van der Waals surface area (Å²) in [6.07, 6.45) is 3.20. The molecule has 2 aliphatic rings. The van der Waals surface area contributed by atoms with Gasteiger partial charge in [-0.1, -0.05) is 39.3 Å². The lowest BCUT2D eigenvalue weighted by molar-refractivity contribution is -0.220. The van der Waals surface area contributed by atoms with Crippen LogP contribution in [0.5, 0.6) is 0 Å². The molecule has 0 aliphatic carbocycles. The lowest BCUT2D eigenvalue weighted by Gasteiger charge is -2.54. The average Bonchev–Trinajstić information content (AvgIpc) is 2.36. The minimum atomic E-state index is -1.76. The number of fused-ring (bicyclic) bond motifs is 1. The van der Waals surface area contributed by atoms with Crippen LogP contribution in [0.2, 0.25) is 39.3 Å². The van der Waals surface area contributed by atoms with Gasteiger partial charge in [0.1, 0.15) is 8.07 Å². The molecule has 126 valence electrons. The highest BCUT2D eigenvalue weighted by Crippen LogP contribution is 2.42. The van der Waals surface area contributed by atoms with Gasteiger partial charge in [0, 0.05) is 19.4 Å². The molecule has 2 fully saturated rings. The minimum Gasteiger partial charge on any atom is -0.390 e. The van der Waals surface area contributed by atoms with Gasteiger partial charge in [-0.15, -0.1) is 11.5 Å². The van der Waals surface area contributed by atoms with Crippen molar-refractivity contribution in [2.24, 2.45) is 0 Å². The Labute approximate surface area is 137 Å². The summed E-state index contributed by atoms with van der Waals surface area (Å²) in [5.74, 6) is 3.39. The highest BCUT2D eigenvalue weighted by molar-refractivity contribution is 6.84. The van der Waals surface area contributed by atoms with Crippen LogP contribution < -0.4 is 0 Å². The van der Waals surface area contributed by atoms with Crippen LogP contribution in [0.4, 0.5) is 0 Å². The van der Waals surface area contributed by atoms with Gasteiger partial charge in [-0.2, -0.15) is 0 Å². The van der Waals surface area contributed by atoms with Crippen LogP contribution in [-0.4, -0.2) is 51.4 Å². The zero-order valence-electron chi connectivity index (χ0n) is 15.0. The second kappa shape index (κ2) is 6.41. The second-order valence-corrected chi connectivity index (χ2v) is 18.9. The molecule has 2 rings (SSSR count). The third-order valence-electron chi connectivity index (χ3n) is 4.82. The highest BCUT2D eigenvalue weighted by Gasteiger charge is 2.56. The van der Waals surface area contributed by atoms with E-state index >= 15 is 0 Å². The van der Waals surface area contributed by atoms with E-state index in [-0.39, 0.29) is 12.2 Å². The summed E-state index contributed by atoms with van der Waals surface area (Å²) in [6.45, 7) is 14.4. The maximum atomic E-state index is 10.9. The number of hydrogen-bond donors (Lipinski definition) is 1. The Morgan fingerprint density at radius 3 is 2.41 bits per heavy atom. The van der Waals surface area contributed by atoms with Crippen LogP contribution >= 0.6 is 0 Å². The van der Waals surface area contributed by atoms with E-state index in [1.807, 2.05) is 0 Å². The van der Waals surface area contributed by atoms with Gasteiger partial charge in [0.15, 0.2) is 0 Å². The quantitative estimate of drug-likeness (QED) is 0.620. The first-order chi connectivity index (χ1) is 10.1. The average molecular weight is 341 g/mol. The molecule has 0 saturated carbocycles. The van der Waals surface area contributed by atoms with Crippen molar-refractivity contribution in [1.29, 1.82) is 0 Å². The van der Waals surface area contributed by atoms with E-state index in [1.165, 1.54) is 0 Å². The van der Waals surface area contributed by atoms with Crippen molar-refractivity contribution in [2.75, 3.05) is 6.61 Å². The zero-order valence-corrected chi connectivity index (χ0v) is 17.0. The van der Waals surface area contributed by atoms with Crippen molar-refractivity contribution in [1.82, 2.24) is 0 Å². The Bertz CT molecular complexity index is 455. The van der Waals surface area contributed by atoms with Crippen LogP contribution in [0, 0.1) is 11.5 Å². The summed E-state index contributed by atoms with van der Waals surface area (Å²) in [5.41, 5.74) is 3.45. The van der Waals surface area contributed by atoms with E-state index in [0.29, 0.717) is 12.8 Å². The Balaban J connectivity index is 2.26. The molecule has 2 saturated heterocycles. The topological polar surface area (TPSA) is 38.7 Å². The number of hydrogen-bond acceptors (Lipinski definition) is 3. The molecule has 2 heterocycles. The van der Waals surface area contributed by atoms with Gasteiger partial charge in [-0.3, -0.25) is 0 Å². The first-order valence-electron chi connectivity index (χ1n) is 8.53. The molecule has 0 radical (unpaired) electrons. The summed E-state index contributed by atoms with van der Waals surface area (Å²) >= 11 is 0. The molecule has 0 aromatic heterocycles. The lowest BCUT2D eigenvalue weighted by atomic mass is 9.92. The summed E-state index contributed by atoms with van der Waals surface area (Å²) in [5, 5.41) is 10.4. The molecule has 4 atom stereocenters. The van der Waals surface area contributed by atoms with Crippen LogP contribution in [0.3, 0.4) is 0 Å². The summed E-state index contributed by atoms with van der Waals surface area (Å²) in [6, 6.07) is 0. The monoisotopic (exact) mass is 340 g/mol. The predicted molar refractivity (Wildman–Crippen MR) is 96.3 cm³/mol. The maximum absolute atomic E-state index is 10.9. The normalized spacial score (nSPS) is 36.2. The SMILES string of the molecule is C[Si](C)(C)C#CC[C@]1([Si](C)(C)C)O[C@@H]2CCCO[C@H]2C[C@H]1O. The highest BCUT2D eigenvalue weighted by atomic mass is 28.3. The van der Waals surface area contributed by atoms with E-state index in [2.05, 4.69) is 50.7 Å². The Hall–Kier alpha value is -0.126. The first kappa shape index (κ1) is 18.2. The Kier molecular flexibility index (Phi) is 5.30. The van der Waals surface area contributed by atoms with Crippen LogP contribution in [0.15, 0.2) is 0 Å². The molecule has 0 amide bonds. The van der Waals surface area contributed by atoms with Crippen molar-refractivity contribution in [3.8, 4) is 11.5 Å². The van der Waals surface area contributed by atoms with E-state index < -0.39 is 27.5 Å². The second-order valence-electron chi connectivity index (χ2n) is 8.83. The molecule has 0 bridgehead atoms. The number of ether oxygens (including phenoxy) is 2. The minimum absolute atomic E-state index is 0.0678. The molecule has 22 heavy (non-hydrogen) atoms. The zero-order chi connectivity index (χ0) is 16.6. The van der Waals surface area contributed by atoms with E-state index in [0.717, 1.165) is 19.4 Å². The summed E-state index contributed by atoms with van der Waals surface area (Å²) < 4.78 is 12.4. The third-order valence-corrected chi connectivity index (χ3v) is 8.91. The molecule has 5 heteroatoms. The molecule has 3 nitrogen and oxygen atoms in total. The Morgan fingerprint density at radius 2 is 1.82 bits per heavy atom. The molecule has 2 aliphatic heterocycles. The standard InChI is InChI=1S/C17H32O3Si2/c1-21(2,3)12-8-10-17(22(4,5)6)16(18)13-15-14(20-17)9-7-11-19-15/h14-16,18H,7,9-11,13H2,1-6H3/t14-,15+,16-,17-/m1/s1. The van der Waals surface area contributed by atoms with Crippen molar-refractivity contribution in [2.45, 2.75) is 88.5 Å². The molecular formula is C17H32O3Si2. The van der Waals surface area contributed by atoms with Crippen LogP contribution in [-0.2, 0) is 9.47 Å². The van der Waals surface area contributed by atoms with Gasteiger partial charge < -0.3 is 14.6 Å². The molecule has 0 aromatic carbocycles. The van der Waals surface area contributed by atoms with Gasteiger partial charge in [-0.05, 0) is 12.8 Å². The smallest absolute Gasteiger partial charge is 0.129 e. The van der Waals surface area contributed by atoms with Gasteiger partial charge >= 0.3 is 0 Å². The van der Waals surface area contributed by atoms with E-state index in [1.54, 1.807) is 0 Å². The molecule has 0 unspecified atom stereocenters. The number of rotatable bonds is 2. The van der Waals surface area contributed by atoms with Crippen molar-refractivity contribution in [3.05, 3.63) is 0 Å². The van der Waals surface area contributed by atoms with E-state index in [9.17, 15) is 5.11 Å². The van der Waals surface area contributed by atoms with E-state index in [4.69, 9.17) is 9.47 Å². The summed E-state index contributed by atoms with van der Waals surface area (Å²) in [4.78, 5) is 0. The lowest BCUT2D eigenvalue weighted by Crippen LogP contribution is -2.68. The summed E-state index contributed by atoms with van der Waals surface area (Å²) in [7, 11) is -3.16. The molecule has 0 aromatic rings. The fraction of sp³-hybridized carbons (Fsp3) is 0.882. The third kappa shape index (κ3) is 3.85. The van der Waals surface area contributed by atoms with Gasteiger partial charge in [-0.25, -0.2) is 0 Å².